The van der Waals surface area contributed by atoms with E-state index in [9.17, 15) is 8.78 Å². The average molecular weight is 627 g/mol. The van der Waals surface area contributed by atoms with Gasteiger partial charge in [0.25, 0.3) is 0 Å². The minimum atomic E-state index is -0.969. The molecular formula is C35H30F4N6O. The van der Waals surface area contributed by atoms with Gasteiger partial charge in [0, 0.05) is 48.2 Å². The maximum absolute atomic E-state index is 16.9. The van der Waals surface area contributed by atoms with E-state index in [0.29, 0.717) is 49.2 Å². The number of hydrogen-bond donors (Lipinski definition) is 2. The quantitative estimate of drug-likeness (QED) is 0.129. The minimum absolute atomic E-state index is 0.0170. The molecule has 3 saturated heterocycles. The van der Waals surface area contributed by atoms with Crippen LogP contribution in [0, 0.1) is 29.8 Å². The third-order valence-corrected chi connectivity index (χ3v) is 9.80. The summed E-state index contributed by atoms with van der Waals surface area (Å²) in [6.07, 6.45) is 12.8. The second-order valence-electron chi connectivity index (χ2n) is 12.7. The smallest absolute Gasteiger partial charge is 0.319 e. The standard InChI is InChI=1S/C35H30F4N6O/c1-2-24-27(37)7-4-20-10-21(40)11-25(29(20)24)30-28(38)12-26-32(31(30)39)42-34(43-33(26)44-16-22-5-6-23(17-44)41-22)46-18-35-8-3-9-45(35)15-19(13-35)14-36/h1,4-7,10-12,14,22-23,41H,3,8-9,13,15-18,40H2/b19-14-/t22?,23?,35-/m0/s1. The van der Waals surface area contributed by atoms with Crippen LogP contribution < -0.4 is 20.7 Å². The maximum atomic E-state index is 16.9. The van der Waals surface area contributed by atoms with Gasteiger partial charge in [-0.15, -0.1) is 6.42 Å². The number of anilines is 2. The first-order valence-electron chi connectivity index (χ1n) is 15.3. The summed E-state index contributed by atoms with van der Waals surface area (Å²) >= 11 is 0. The summed E-state index contributed by atoms with van der Waals surface area (Å²) in [6.45, 7) is 2.59. The van der Waals surface area contributed by atoms with Crippen molar-refractivity contribution >= 4 is 33.2 Å². The zero-order valence-corrected chi connectivity index (χ0v) is 24.8. The fourth-order valence-corrected chi connectivity index (χ4v) is 7.77. The topological polar surface area (TPSA) is 79.5 Å². The highest BCUT2D eigenvalue weighted by molar-refractivity contribution is 6.05. The molecule has 3 aromatic carbocycles. The summed E-state index contributed by atoms with van der Waals surface area (Å²) in [4.78, 5) is 13.4. The first-order valence-corrected chi connectivity index (χ1v) is 15.3. The van der Waals surface area contributed by atoms with Crippen molar-refractivity contribution in [3.63, 3.8) is 0 Å². The number of nitrogens with one attached hydrogen (secondary N) is 1. The fourth-order valence-electron chi connectivity index (χ4n) is 7.77. The van der Waals surface area contributed by atoms with Crippen LogP contribution in [0.25, 0.3) is 32.8 Å². The zero-order chi connectivity index (χ0) is 31.7. The lowest BCUT2D eigenvalue weighted by atomic mass is 9.92. The van der Waals surface area contributed by atoms with E-state index in [4.69, 9.17) is 21.9 Å². The molecule has 8 rings (SSSR count). The predicted molar refractivity (Wildman–Crippen MR) is 170 cm³/mol. The highest BCUT2D eigenvalue weighted by Gasteiger charge is 2.47. The van der Waals surface area contributed by atoms with Gasteiger partial charge >= 0.3 is 6.01 Å². The number of benzene rings is 3. The van der Waals surface area contributed by atoms with E-state index in [2.05, 4.69) is 33.3 Å². The van der Waals surface area contributed by atoms with Crippen LogP contribution in [0.2, 0.25) is 0 Å². The second-order valence-corrected chi connectivity index (χ2v) is 12.7. The Bertz CT molecular complexity index is 2030. The van der Waals surface area contributed by atoms with Gasteiger partial charge in [-0.25, -0.2) is 17.6 Å². The van der Waals surface area contributed by atoms with Gasteiger partial charge in [-0.1, -0.05) is 24.1 Å². The average Bonchev–Trinajstić information content (AvgIpc) is 3.71. The van der Waals surface area contributed by atoms with E-state index in [1.807, 2.05) is 4.90 Å². The molecule has 3 atom stereocenters. The summed E-state index contributed by atoms with van der Waals surface area (Å²) in [5, 5.41) is 4.25. The van der Waals surface area contributed by atoms with Crippen molar-refractivity contribution in [2.75, 3.05) is 43.4 Å². The number of nitrogens with two attached hydrogens (primary N) is 1. The summed E-state index contributed by atoms with van der Waals surface area (Å²) in [7, 11) is 0. The van der Waals surface area contributed by atoms with Gasteiger partial charge in [-0.2, -0.15) is 9.97 Å². The number of nitrogens with zero attached hydrogens (tertiary/aromatic N) is 4. The molecule has 0 spiro atoms. The molecule has 3 fully saturated rings. The molecule has 5 heterocycles. The number of ether oxygens (including phenoxy) is 1. The summed E-state index contributed by atoms with van der Waals surface area (Å²) in [5.41, 5.74) is 5.99. The van der Waals surface area contributed by atoms with Crippen LogP contribution in [0.15, 0.2) is 54.4 Å². The van der Waals surface area contributed by atoms with Crippen molar-refractivity contribution in [3.8, 4) is 29.5 Å². The Kier molecular flexibility index (Phi) is 6.70. The van der Waals surface area contributed by atoms with E-state index >= 15 is 8.78 Å². The number of fused-ring (bicyclic) bond motifs is 5. The minimum Gasteiger partial charge on any atom is -0.461 e. The SMILES string of the molecule is C#Cc1c(F)ccc2cc(N)cc(-c3c(F)cc4c(N5CC6C=CC(C5)N6)nc(OC[C@@]56CCCN5C/C(=C\F)C6)nc4c3F)c12. The van der Waals surface area contributed by atoms with Gasteiger partial charge in [-0.05, 0) is 66.6 Å². The molecule has 2 bridgehead atoms. The van der Waals surface area contributed by atoms with Gasteiger partial charge in [0.1, 0.15) is 29.6 Å². The molecule has 4 aliphatic rings. The lowest BCUT2D eigenvalue weighted by Crippen LogP contribution is -2.52. The van der Waals surface area contributed by atoms with Crippen molar-refractivity contribution < 1.29 is 22.3 Å². The van der Waals surface area contributed by atoms with Crippen molar-refractivity contribution in [1.29, 1.82) is 0 Å². The second kappa shape index (κ2) is 10.7. The van der Waals surface area contributed by atoms with E-state index in [0.717, 1.165) is 19.4 Å². The van der Waals surface area contributed by atoms with Crippen LogP contribution in [0.3, 0.4) is 0 Å². The Labute approximate surface area is 262 Å². The highest BCUT2D eigenvalue weighted by Crippen LogP contribution is 2.43. The molecule has 11 heteroatoms. The van der Waals surface area contributed by atoms with Gasteiger partial charge in [0.15, 0.2) is 5.82 Å². The van der Waals surface area contributed by atoms with E-state index in [1.165, 1.54) is 24.3 Å². The summed E-state index contributed by atoms with van der Waals surface area (Å²) < 4.78 is 67.7. The number of terminal acetylenes is 1. The van der Waals surface area contributed by atoms with Crippen molar-refractivity contribution in [2.24, 2.45) is 0 Å². The number of nitrogen functional groups attached to an aromatic ring is 1. The molecule has 46 heavy (non-hydrogen) atoms. The Morgan fingerprint density at radius 3 is 2.67 bits per heavy atom. The Morgan fingerprint density at radius 1 is 1.11 bits per heavy atom. The monoisotopic (exact) mass is 626 g/mol. The Hall–Kier alpha value is -4.66. The molecule has 4 aliphatic heterocycles. The Balaban J connectivity index is 1.30. The summed E-state index contributed by atoms with van der Waals surface area (Å²) in [5.74, 6) is 0.119. The number of rotatable bonds is 5. The molecular weight excluding hydrogens is 596 g/mol. The zero-order valence-electron chi connectivity index (χ0n) is 24.8. The van der Waals surface area contributed by atoms with Crippen LogP contribution in [0.1, 0.15) is 24.8 Å². The van der Waals surface area contributed by atoms with Crippen LogP contribution in [-0.4, -0.2) is 65.3 Å². The number of hydrogen-bond acceptors (Lipinski definition) is 7. The van der Waals surface area contributed by atoms with E-state index < -0.39 is 28.6 Å². The third kappa shape index (κ3) is 4.50. The highest BCUT2D eigenvalue weighted by atomic mass is 19.1. The van der Waals surface area contributed by atoms with Crippen LogP contribution >= 0.6 is 0 Å². The third-order valence-electron chi connectivity index (χ3n) is 9.80. The van der Waals surface area contributed by atoms with E-state index in [1.54, 1.807) is 6.07 Å². The molecule has 0 amide bonds. The van der Waals surface area contributed by atoms with Gasteiger partial charge in [0.2, 0.25) is 0 Å². The summed E-state index contributed by atoms with van der Waals surface area (Å²) in [6, 6.07) is 6.88. The van der Waals surface area contributed by atoms with Gasteiger partial charge in [0.05, 0.1) is 23.0 Å². The molecule has 1 aromatic heterocycles. The van der Waals surface area contributed by atoms with E-state index in [-0.39, 0.29) is 57.8 Å². The molecule has 0 aliphatic carbocycles. The fraction of sp³-hybridized carbons (Fsp3) is 0.314. The van der Waals surface area contributed by atoms with Crippen LogP contribution in [-0.2, 0) is 0 Å². The first-order chi connectivity index (χ1) is 22.3. The molecule has 0 radical (unpaired) electrons. The van der Waals surface area contributed by atoms with Gasteiger partial charge < -0.3 is 20.7 Å². The first kappa shape index (κ1) is 28.8. The lowest BCUT2D eigenvalue weighted by molar-refractivity contribution is 0.108. The van der Waals surface area contributed by atoms with Crippen molar-refractivity contribution in [1.82, 2.24) is 20.2 Å². The number of halogens is 4. The van der Waals surface area contributed by atoms with Crippen molar-refractivity contribution in [2.45, 2.75) is 36.9 Å². The normalized spacial score (nSPS) is 24.8. The molecule has 2 unspecified atom stereocenters. The molecule has 4 aromatic rings. The largest absolute Gasteiger partial charge is 0.461 e. The molecule has 7 nitrogen and oxygen atoms in total. The van der Waals surface area contributed by atoms with Gasteiger partial charge in [-0.3, -0.25) is 4.90 Å². The molecule has 0 saturated carbocycles. The Morgan fingerprint density at radius 2 is 1.91 bits per heavy atom. The number of aromatic nitrogens is 2. The van der Waals surface area contributed by atoms with Crippen molar-refractivity contribution in [3.05, 3.63) is 77.4 Å². The van der Waals surface area contributed by atoms with Crippen LogP contribution in [0.4, 0.5) is 29.1 Å². The maximum Gasteiger partial charge on any atom is 0.319 e. The lowest BCUT2D eigenvalue weighted by Gasteiger charge is -2.35. The number of piperazine rings is 1. The molecule has 234 valence electrons. The van der Waals surface area contributed by atoms with Crippen LogP contribution in [0.5, 0.6) is 6.01 Å². The molecule has 3 N–H and O–H groups in total. The predicted octanol–water partition coefficient (Wildman–Crippen LogP) is 5.62.